The zero-order valence-electron chi connectivity index (χ0n) is 14.4. The summed E-state index contributed by atoms with van der Waals surface area (Å²) in [7, 11) is 0. The Kier molecular flexibility index (Phi) is 11.5. The third-order valence-electron chi connectivity index (χ3n) is 4.32. The van der Waals surface area contributed by atoms with E-state index in [0.717, 1.165) is 12.8 Å². The van der Waals surface area contributed by atoms with E-state index in [1.54, 1.807) is 0 Å². The van der Waals surface area contributed by atoms with Gasteiger partial charge in [-0.25, -0.2) is 0 Å². The van der Waals surface area contributed by atoms with Crippen LogP contribution in [-0.2, 0) is 9.47 Å². The third-order valence-corrected chi connectivity index (χ3v) is 4.32. The van der Waals surface area contributed by atoms with Gasteiger partial charge in [0.05, 0.1) is 13.2 Å². The molecule has 1 aliphatic rings. The highest BCUT2D eigenvalue weighted by Crippen LogP contribution is 2.20. The van der Waals surface area contributed by atoms with E-state index in [1.807, 2.05) is 0 Å². The van der Waals surface area contributed by atoms with Crippen LogP contribution in [0.1, 0.15) is 58.3 Å². The molecule has 1 aliphatic heterocycles. The second-order valence-corrected chi connectivity index (χ2v) is 6.28. The minimum atomic E-state index is -0.977. The molecule has 1 fully saturated rings. The van der Waals surface area contributed by atoms with E-state index in [9.17, 15) is 15.3 Å². The van der Waals surface area contributed by atoms with Crippen molar-refractivity contribution < 1.29 is 24.8 Å². The average molecular weight is 330 g/mol. The second-order valence-electron chi connectivity index (χ2n) is 6.28. The maximum atomic E-state index is 9.77. The van der Waals surface area contributed by atoms with Gasteiger partial charge < -0.3 is 24.8 Å². The van der Waals surface area contributed by atoms with Gasteiger partial charge in [-0.15, -0.1) is 0 Å². The molecule has 0 aromatic rings. The average Bonchev–Trinajstić information content (AvgIpc) is 2.88. The molecule has 0 aromatic heterocycles. The number of ether oxygens (including phenoxy) is 2. The minimum absolute atomic E-state index is 0.0970. The zero-order chi connectivity index (χ0) is 16.9. The van der Waals surface area contributed by atoms with Crippen molar-refractivity contribution in [3.05, 3.63) is 12.2 Å². The summed E-state index contributed by atoms with van der Waals surface area (Å²) in [5.41, 5.74) is 0. The molecule has 0 bridgehead atoms. The van der Waals surface area contributed by atoms with Crippen LogP contribution in [0.3, 0.4) is 0 Å². The lowest BCUT2D eigenvalue weighted by atomic mass is 10.1. The summed E-state index contributed by atoms with van der Waals surface area (Å²) < 4.78 is 10.9. The Labute approximate surface area is 140 Å². The van der Waals surface area contributed by atoms with Crippen LogP contribution < -0.4 is 0 Å². The van der Waals surface area contributed by atoms with Gasteiger partial charge in [0.2, 0.25) is 0 Å². The number of unbranched alkanes of at least 4 members (excludes halogenated alkanes) is 7. The Morgan fingerprint density at radius 3 is 2.30 bits per heavy atom. The summed E-state index contributed by atoms with van der Waals surface area (Å²) in [5, 5.41) is 28.6. The summed E-state index contributed by atoms with van der Waals surface area (Å²) in [6, 6.07) is 0. The highest BCUT2D eigenvalue weighted by Gasteiger charge is 2.40. The lowest BCUT2D eigenvalue weighted by molar-refractivity contribution is -0.101. The predicted octanol–water partition coefficient (Wildman–Crippen LogP) is 2.18. The smallest absolute Gasteiger partial charge is 0.114 e. The molecular weight excluding hydrogens is 296 g/mol. The molecule has 4 atom stereocenters. The van der Waals surface area contributed by atoms with E-state index >= 15 is 0 Å². The van der Waals surface area contributed by atoms with Gasteiger partial charge in [-0.1, -0.05) is 44.3 Å². The Balaban J connectivity index is 1.97. The summed E-state index contributed by atoms with van der Waals surface area (Å²) >= 11 is 0. The number of hydrogen-bond acceptors (Lipinski definition) is 5. The Morgan fingerprint density at radius 1 is 1.09 bits per heavy atom. The quantitative estimate of drug-likeness (QED) is 0.356. The van der Waals surface area contributed by atoms with E-state index in [0.29, 0.717) is 6.61 Å². The van der Waals surface area contributed by atoms with Crippen LogP contribution in [0.5, 0.6) is 0 Å². The first kappa shape index (κ1) is 20.6. The Morgan fingerprint density at radius 2 is 1.74 bits per heavy atom. The number of hydrogen-bond donors (Lipinski definition) is 3. The van der Waals surface area contributed by atoms with Crippen LogP contribution in [0.15, 0.2) is 12.2 Å². The SMILES string of the molecule is C/C=C/CCCCCCCCCO[C@@H](CO)[C@@H]1OC[C@@H](O)[C@@H]1O. The van der Waals surface area contributed by atoms with Crippen molar-refractivity contribution in [2.75, 3.05) is 19.8 Å². The summed E-state index contributed by atoms with van der Waals surface area (Å²) in [5.74, 6) is 0. The zero-order valence-corrected chi connectivity index (χ0v) is 14.4. The number of aliphatic hydroxyl groups is 3. The first-order valence-corrected chi connectivity index (χ1v) is 9.02. The summed E-state index contributed by atoms with van der Waals surface area (Å²) in [4.78, 5) is 0. The molecule has 0 saturated carbocycles. The molecule has 1 heterocycles. The van der Waals surface area contributed by atoms with Crippen molar-refractivity contribution in [2.45, 2.75) is 82.7 Å². The van der Waals surface area contributed by atoms with Crippen LogP contribution in [0.4, 0.5) is 0 Å². The van der Waals surface area contributed by atoms with E-state index in [2.05, 4.69) is 19.1 Å². The van der Waals surface area contributed by atoms with Gasteiger partial charge in [-0.05, 0) is 26.2 Å². The maximum Gasteiger partial charge on any atom is 0.114 e. The highest BCUT2D eigenvalue weighted by atomic mass is 16.6. The first-order valence-electron chi connectivity index (χ1n) is 9.02. The van der Waals surface area contributed by atoms with Gasteiger partial charge >= 0.3 is 0 Å². The monoisotopic (exact) mass is 330 g/mol. The Hall–Kier alpha value is -0.460. The minimum Gasteiger partial charge on any atom is -0.394 e. The van der Waals surface area contributed by atoms with E-state index < -0.39 is 24.4 Å². The largest absolute Gasteiger partial charge is 0.394 e. The second kappa shape index (κ2) is 12.9. The number of allylic oxidation sites excluding steroid dienone is 2. The molecule has 0 spiro atoms. The topological polar surface area (TPSA) is 79.2 Å². The van der Waals surface area contributed by atoms with Crippen molar-refractivity contribution in [3.8, 4) is 0 Å². The van der Waals surface area contributed by atoms with E-state index in [4.69, 9.17) is 9.47 Å². The van der Waals surface area contributed by atoms with E-state index in [1.165, 1.54) is 38.5 Å². The molecule has 3 N–H and O–H groups in total. The number of rotatable bonds is 13. The summed E-state index contributed by atoms with van der Waals surface area (Å²) in [6.45, 7) is 2.50. The van der Waals surface area contributed by atoms with Crippen molar-refractivity contribution in [1.29, 1.82) is 0 Å². The summed E-state index contributed by atoms with van der Waals surface area (Å²) in [6.07, 6.45) is 10.9. The standard InChI is InChI=1S/C18H34O5/c1-2-3-4-5-6-7-8-9-10-11-12-22-16(13-19)18-17(21)15(20)14-23-18/h2-3,15-21H,4-14H2,1H3/b3-2+/t15-,16+,17+,18+/m1/s1. The van der Waals surface area contributed by atoms with Gasteiger partial charge in [0.25, 0.3) is 0 Å². The highest BCUT2D eigenvalue weighted by molar-refractivity contribution is 4.88. The van der Waals surface area contributed by atoms with Gasteiger partial charge in [-0.3, -0.25) is 0 Å². The lowest BCUT2D eigenvalue weighted by Gasteiger charge is -2.24. The van der Waals surface area contributed by atoms with Crippen LogP contribution in [0.2, 0.25) is 0 Å². The fourth-order valence-electron chi connectivity index (χ4n) is 2.85. The molecule has 0 aromatic carbocycles. The van der Waals surface area contributed by atoms with Gasteiger partial charge in [-0.2, -0.15) is 0 Å². The van der Waals surface area contributed by atoms with Crippen molar-refractivity contribution in [1.82, 2.24) is 0 Å². The molecule has 5 heteroatoms. The van der Waals surface area contributed by atoms with Crippen molar-refractivity contribution >= 4 is 0 Å². The molecule has 1 rings (SSSR count). The van der Waals surface area contributed by atoms with Gasteiger partial charge in [0.1, 0.15) is 24.4 Å². The van der Waals surface area contributed by atoms with Crippen LogP contribution in [-0.4, -0.2) is 59.6 Å². The van der Waals surface area contributed by atoms with Crippen LogP contribution in [0, 0.1) is 0 Å². The molecule has 0 amide bonds. The molecule has 23 heavy (non-hydrogen) atoms. The molecular formula is C18H34O5. The van der Waals surface area contributed by atoms with Crippen LogP contribution in [0.25, 0.3) is 0 Å². The lowest BCUT2D eigenvalue weighted by Crippen LogP contribution is -2.42. The molecule has 5 nitrogen and oxygen atoms in total. The molecule has 1 saturated heterocycles. The first-order chi connectivity index (χ1) is 11.2. The van der Waals surface area contributed by atoms with Crippen molar-refractivity contribution in [2.24, 2.45) is 0 Å². The normalized spacial score (nSPS) is 26.2. The van der Waals surface area contributed by atoms with Gasteiger partial charge in [0.15, 0.2) is 0 Å². The molecule has 136 valence electrons. The van der Waals surface area contributed by atoms with Gasteiger partial charge in [0, 0.05) is 6.61 Å². The van der Waals surface area contributed by atoms with Crippen LogP contribution >= 0.6 is 0 Å². The van der Waals surface area contributed by atoms with E-state index in [-0.39, 0.29) is 13.2 Å². The molecule has 0 aliphatic carbocycles. The van der Waals surface area contributed by atoms with Crippen molar-refractivity contribution in [3.63, 3.8) is 0 Å². The third kappa shape index (κ3) is 8.27. The molecule has 0 radical (unpaired) electrons. The Bertz CT molecular complexity index is 308. The fraction of sp³-hybridized carbons (Fsp3) is 0.889. The number of aliphatic hydroxyl groups excluding tert-OH is 3. The molecule has 0 unspecified atom stereocenters. The predicted molar refractivity (Wildman–Crippen MR) is 90.3 cm³/mol. The fourth-order valence-corrected chi connectivity index (χ4v) is 2.85. The maximum absolute atomic E-state index is 9.77.